The summed E-state index contributed by atoms with van der Waals surface area (Å²) in [4.78, 5) is 14.5. The number of likely N-dealkylation sites (N-methyl/N-ethyl adjacent to an activating group) is 1. The standard InChI is InChI=1S/C26H53NO3/c1-4-7-15-19-25(20-16-8-5-2)30-26(29)21-17-13-11-9-10-12-14-18-22-27(6-3)23-24-28/h25,28H,4-24H2,1-3H3. The van der Waals surface area contributed by atoms with E-state index in [0.717, 1.165) is 45.3 Å². The van der Waals surface area contributed by atoms with Crippen molar-refractivity contribution in [2.24, 2.45) is 0 Å². The molecule has 0 radical (unpaired) electrons. The first-order valence-corrected chi connectivity index (χ1v) is 13.2. The van der Waals surface area contributed by atoms with E-state index < -0.39 is 0 Å². The van der Waals surface area contributed by atoms with Gasteiger partial charge in [-0.25, -0.2) is 0 Å². The van der Waals surface area contributed by atoms with Crippen molar-refractivity contribution >= 4 is 5.97 Å². The molecule has 0 heterocycles. The topological polar surface area (TPSA) is 49.8 Å². The van der Waals surface area contributed by atoms with E-state index in [9.17, 15) is 4.79 Å². The normalized spacial score (nSPS) is 11.5. The number of rotatable bonds is 23. The maximum Gasteiger partial charge on any atom is 0.306 e. The van der Waals surface area contributed by atoms with Gasteiger partial charge in [0.05, 0.1) is 6.61 Å². The van der Waals surface area contributed by atoms with Crippen LogP contribution in [0.15, 0.2) is 0 Å². The van der Waals surface area contributed by atoms with E-state index in [1.54, 1.807) is 0 Å². The maximum atomic E-state index is 12.2. The number of unbranched alkanes of at least 4 members (excludes halogenated alkanes) is 11. The van der Waals surface area contributed by atoms with Crippen LogP contribution in [0.1, 0.15) is 130 Å². The van der Waals surface area contributed by atoms with Crippen molar-refractivity contribution in [1.82, 2.24) is 4.90 Å². The molecule has 30 heavy (non-hydrogen) atoms. The van der Waals surface area contributed by atoms with E-state index in [0.29, 0.717) is 6.42 Å². The van der Waals surface area contributed by atoms with Crippen LogP contribution in [-0.2, 0) is 9.53 Å². The van der Waals surface area contributed by atoms with Crippen LogP contribution in [0, 0.1) is 0 Å². The van der Waals surface area contributed by atoms with Gasteiger partial charge < -0.3 is 14.7 Å². The summed E-state index contributed by atoms with van der Waals surface area (Å²) in [6.45, 7) is 9.80. The third-order valence-corrected chi connectivity index (χ3v) is 6.03. The molecule has 0 aliphatic heterocycles. The predicted octanol–water partition coefficient (Wildman–Crippen LogP) is 6.88. The summed E-state index contributed by atoms with van der Waals surface area (Å²) < 4.78 is 5.80. The summed E-state index contributed by atoms with van der Waals surface area (Å²) in [5, 5.41) is 9.01. The van der Waals surface area contributed by atoms with Gasteiger partial charge in [-0.1, -0.05) is 85.0 Å². The Hall–Kier alpha value is -0.610. The Kier molecular flexibility index (Phi) is 22.6. The van der Waals surface area contributed by atoms with E-state index >= 15 is 0 Å². The van der Waals surface area contributed by atoms with E-state index in [1.807, 2.05) is 0 Å². The second kappa shape index (κ2) is 23.1. The third-order valence-electron chi connectivity index (χ3n) is 6.03. The minimum Gasteiger partial charge on any atom is -0.462 e. The molecule has 0 saturated carbocycles. The predicted molar refractivity (Wildman–Crippen MR) is 129 cm³/mol. The average molecular weight is 428 g/mol. The van der Waals surface area contributed by atoms with Crippen LogP contribution in [0.5, 0.6) is 0 Å². The van der Waals surface area contributed by atoms with Crippen molar-refractivity contribution in [1.29, 1.82) is 0 Å². The molecule has 0 aliphatic carbocycles. The molecule has 0 rings (SSSR count). The molecule has 0 atom stereocenters. The highest BCUT2D eigenvalue weighted by Crippen LogP contribution is 2.16. The molecule has 180 valence electrons. The number of carbonyl (C=O) groups excluding carboxylic acids is 1. The van der Waals surface area contributed by atoms with Gasteiger partial charge in [0.2, 0.25) is 0 Å². The fourth-order valence-corrected chi connectivity index (χ4v) is 3.99. The van der Waals surface area contributed by atoms with Gasteiger partial charge in [0.25, 0.3) is 0 Å². The van der Waals surface area contributed by atoms with Crippen molar-refractivity contribution in [3.63, 3.8) is 0 Å². The van der Waals surface area contributed by atoms with Gasteiger partial charge in [0, 0.05) is 13.0 Å². The summed E-state index contributed by atoms with van der Waals surface area (Å²) in [6, 6.07) is 0. The third kappa shape index (κ3) is 19.4. The zero-order valence-corrected chi connectivity index (χ0v) is 20.6. The zero-order chi connectivity index (χ0) is 22.3. The summed E-state index contributed by atoms with van der Waals surface area (Å²) in [7, 11) is 0. The minimum absolute atomic E-state index is 0.0244. The fourth-order valence-electron chi connectivity index (χ4n) is 3.99. The molecule has 4 nitrogen and oxygen atoms in total. The molecule has 0 fully saturated rings. The van der Waals surface area contributed by atoms with E-state index in [1.165, 1.54) is 77.0 Å². The lowest BCUT2D eigenvalue weighted by atomic mass is 10.0. The monoisotopic (exact) mass is 427 g/mol. The molecule has 0 bridgehead atoms. The fraction of sp³-hybridized carbons (Fsp3) is 0.962. The number of nitrogens with zero attached hydrogens (tertiary/aromatic N) is 1. The zero-order valence-electron chi connectivity index (χ0n) is 20.6. The molecule has 0 unspecified atom stereocenters. The van der Waals surface area contributed by atoms with Gasteiger partial charge in [0.15, 0.2) is 0 Å². The lowest BCUT2D eigenvalue weighted by Gasteiger charge is -2.18. The summed E-state index contributed by atoms with van der Waals surface area (Å²) >= 11 is 0. The Morgan fingerprint density at radius 2 is 1.27 bits per heavy atom. The molecule has 0 amide bonds. The van der Waals surface area contributed by atoms with Crippen molar-refractivity contribution in [2.45, 2.75) is 136 Å². The number of hydrogen-bond acceptors (Lipinski definition) is 4. The van der Waals surface area contributed by atoms with Crippen LogP contribution >= 0.6 is 0 Å². The number of aliphatic hydroxyl groups excluding tert-OH is 1. The lowest BCUT2D eigenvalue weighted by molar-refractivity contribution is -0.150. The summed E-state index contributed by atoms with van der Waals surface area (Å²) in [6.07, 6.45) is 19.8. The molecule has 0 aromatic rings. The highest BCUT2D eigenvalue weighted by Gasteiger charge is 2.13. The summed E-state index contributed by atoms with van der Waals surface area (Å²) in [5.74, 6) is 0.0244. The minimum atomic E-state index is 0.0244. The van der Waals surface area contributed by atoms with Crippen LogP contribution in [0.4, 0.5) is 0 Å². The lowest BCUT2D eigenvalue weighted by Crippen LogP contribution is -2.27. The Morgan fingerprint density at radius 3 is 1.77 bits per heavy atom. The van der Waals surface area contributed by atoms with Gasteiger partial charge in [-0.2, -0.15) is 0 Å². The van der Waals surface area contributed by atoms with E-state index in [2.05, 4.69) is 25.7 Å². The van der Waals surface area contributed by atoms with Gasteiger partial charge in [0.1, 0.15) is 6.10 Å². The first kappa shape index (κ1) is 29.4. The number of ether oxygens (including phenoxy) is 1. The molecular weight excluding hydrogens is 374 g/mol. The number of carbonyl (C=O) groups is 1. The first-order valence-electron chi connectivity index (χ1n) is 13.2. The Labute approximate surface area is 188 Å². The molecule has 0 aromatic heterocycles. The van der Waals surface area contributed by atoms with Crippen molar-refractivity contribution < 1.29 is 14.6 Å². The largest absolute Gasteiger partial charge is 0.462 e. The van der Waals surface area contributed by atoms with Crippen LogP contribution in [0.25, 0.3) is 0 Å². The van der Waals surface area contributed by atoms with Crippen LogP contribution in [-0.4, -0.2) is 48.3 Å². The molecular formula is C26H53NO3. The second-order valence-corrected chi connectivity index (χ2v) is 8.84. The molecule has 0 spiro atoms. The molecule has 1 N–H and O–H groups in total. The van der Waals surface area contributed by atoms with Crippen molar-refractivity contribution in [3.8, 4) is 0 Å². The van der Waals surface area contributed by atoms with Crippen molar-refractivity contribution in [3.05, 3.63) is 0 Å². The molecule has 0 aromatic carbocycles. The number of hydrogen-bond donors (Lipinski definition) is 1. The highest BCUT2D eigenvalue weighted by molar-refractivity contribution is 5.69. The molecule has 4 heteroatoms. The van der Waals surface area contributed by atoms with Gasteiger partial charge in [-0.15, -0.1) is 0 Å². The van der Waals surface area contributed by atoms with Crippen LogP contribution in [0.3, 0.4) is 0 Å². The van der Waals surface area contributed by atoms with E-state index in [4.69, 9.17) is 9.84 Å². The SMILES string of the molecule is CCCCCC(CCCCC)OC(=O)CCCCCCCCCCN(CC)CCO. The smallest absolute Gasteiger partial charge is 0.306 e. The van der Waals surface area contributed by atoms with Crippen LogP contribution < -0.4 is 0 Å². The second-order valence-electron chi connectivity index (χ2n) is 8.84. The molecule has 0 saturated heterocycles. The van der Waals surface area contributed by atoms with Gasteiger partial charge >= 0.3 is 5.97 Å². The Morgan fingerprint density at radius 1 is 0.733 bits per heavy atom. The van der Waals surface area contributed by atoms with E-state index in [-0.39, 0.29) is 18.7 Å². The number of aliphatic hydroxyl groups is 1. The van der Waals surface area contributed by atoms with Crippen molar-refractivity contribution in [2.75, 3.05) is 26.2 Å². The van der Waals surface area contributed by atoms with Gasteiger partial charge in [-0.3, -0.25) is 4.79 Å². The number of esters is 1. The first-order chi connectivity index (χ1) is 14.7. The van der Waals surface area contributed by atoms with Crippen LogP contribution in [0.2, 0.25) is 0 Å². The Balaban J connectivity index is 3.66. The Bertz CT molecular complexity index is 352. The summed E-state index contributed by atoms with van der Waals surface area (Å²) in [5.41, 5.74) is 0. The molecule has 0 aliphatic rings. The average Bonchev–Trinajstić information content (AvgIpc) is 2.74. The maximum absolute atomic E-state index is 12.2. The quantitative estimate of drug-likeness (QED) is 0.143. The highest BCUT2D eigenvalue weighted by atomic mass is 16.5. The van der Waals surface area contributed by atoms with Gasteiger partial charge in [-0.05, 0) is 51.6 Å².